The van der Waals surface area contributed by atoms with Crippen molar-refractivity contribution in [3.63, 3.8) is 0 Å². The quantitative estimate of drug-likeness (QED) is 0.819. The van der Waals surface area contributed by atoms with Crippen molar-refractivity contribution < 1.29 is 4.79 Å². The van der Waals surface area contributed by atoms with Gasteiger partial charge in [0.05, 0.1) is 5.69 Å². The maximum absolute atomic E-state index is 11.4. The van der Waals surface area contributed by atoms with Gasteiger partial charge in [0.2, 0.25) is 5.91 Å². The fraction of sp³-hybridized carbons (Fsp3) is 0.167. The fourth-order valence-corrected chi connectivity index (χ4v) is 1.66. The smallest absolute Gasteiger partial charge is 0.225 e. The molecule has 0 saturated carbocycles. The molecule has 1 heterocycles. The highest BCUT2D eigenvalue weighted by atomic mass is 35.5. The second-order valence-electron chi connectivity index (χ2n) is 3.54. The molecular formula is C12H12ClN3O. The number of aromatic amines is 1. The maximum atomic E-state index is 11.4. The second kappa shape index (κ2) is 5.50. The van der Waals surface area contributed by atoms with Crippen molar-refractivity contribution in [2.45, 2.75) is 6.42 Å². The molecule has 0 aliphatic rings. The summed E-state index contributed by atoms with van der Waals surface area (Å²) in [6.45, 7) is 0. The Balaban J connectivity index is 2.15. The number of carbonyl (C=O) groups is 1. The lowest BCUT2D eigenvalue weighted by Gasteiger charge is -2.05. The van der Waals surface area contributed by atoms with Gasteiger partial charge in [0.25, 0.3) is 0 Å². The van der Waals surface area contributed by atoms with Gasteiger partial charge < -0.3 is 5.32 Å². The minimum absolute atomic E-state index is 0.0817. The SMILES string of the molecule is O=C(CCCl)Nc1cccc(-c2ccn[nH]2)c1. The molecule has 2 aromatic rings. The first-order chi connectivity index (χ1) is 8.29. The first-order valence-electron chi connectivity index (χ1n) is 5.25. The van der Waals surface area contributed by atoms with Gasteiger partial charge in [0.15, 0.2) is 0 Å². The molecule has 0 spiro atoms. The van der Waals surface area contributed by atoms with Crippen LogP contribution in [0.2, 0.25) is 0 Å². The Hall–Kier alpha value is -1.81. The van der Waals surface area contributed by atoms with Crippen LogP contribution in [-0.2, 0) is 4.79 Å². The zero-order valence-corrected chi connectivity index (χ0v) is 9.87. The Morgan fingerprint density at radius 1 is 1.41 bits per heavy atom. The van der Waals surface area contributed by atoms with Crippen LogP contribution >= 0.6 is 11.6 Å². The number of rotatable bonds is 4. The van der Waals surface area contributed by atoms with E-state index in [1.54, 1.807) is 6.20 Å². The van der Waals surface area contributed by atoms with Crippen LogP contribution in [0.15, 0.2) is 36.5 Å². The molecular weight excluding hydrogens is 238 g/mol. The van der Waals surface area contributed by atoms with Gasteiger partial charge in [-0.2, -0.15) is 5.10 Å². The van der Waals surface area contributed by atoms with Crippen molar-refractivity contribution in [1.29, 1.82) is 0 Å². The van der Waals surface area contributed by atoms with Crippen LogP contribution in [0.25, 0.3) is 11.3 Å². The standard InChI is InChI=1S/C12H12ClN3O/c13-6-4-12(17)15-10-3-1-2-9(8-10)11-5-7-14-16-11/h1-3,5,7-8H,4,6H2,(H,14,16)(H,15,17). The molecule has 88 valence electrons. The third-order valence-electron chi connectivity index (χ3n) is 2.28. The van der Waals surface area contributed by atoms with E-state index in [0.29, 0.717) is 12.3 Å². The minimum Gasteiger partial charge on any atom is -0.326 e. The Kier molecular flexibility index (Phi) is 3.77. The average Bonchev–Trinajstić information content (AvgIpc) is 2.83. The average molecular weight is 250 g/mol. The van der Waals surface area contributed by atoms with Gasteiger partial charge in [-0.15, -0.1) is 11.6 Å². The van der Waals surface area contributed by atoms with Gasteiger partial charge in [-0.25, -0.2) is 0 Å². The molecule has 2 rings (SSSR count). The predicted octanol–water partition coefficient (Wildman–Crippen LogP) is 2.64. The molecule has 4 nitrogen and oxygen atoms in total. The number of H-pyrrole nitrogens is 1. The van der Waals surface area contributed by atoms with E-state index in [1.165, 1.54) is 0 Å². The van der Waals surface area contributed by atoms with Crippen LogP contribution in [0.4, 0.5) is 5.69 Å². The number of amides is 1. The molecule has 0 fully saturated rings. The summed E-state index contributed by atoms with van der Waals surface area (Å²) >= 11 is 5.50. The Labute approximate surface area is 104 Å². The van der Waals surface area contributed by atoms with E-state index < -0.39 is 0 Å². The molecule has 0 aliphatic carbocycles. The molecule has 0 saturated heterocycles. The zero-order chi connectivity index (χ0) is 12.1. The lowest BCUT2D eigenvalue weighted by Crippen LogP contribution is -2.11. The van der Waals surface area contributed by atoms with E-state index in [-0.39, 0.29) is 5.91 Å². The van der Waals surface area contributed by atoms with Crippen molar-refractivity contribution in [2.75, 3.05) is 11.2 Å². The second-order valence-corrected chi connectivity index (χ2v) is 3.92. The van der Waals surface area contributed by atoms with E-state index in [1.807, 2.05) is 30.3 Å². The summed E-state index contributed by atoms with van der Waals surface area (Å²) in [4.78, 5) is 11.4. The largest absolute Gasteiger partial charge is 0.326 e. The van der Waals surface area contributed by atoms with Crippen molar-refractivity contribution >= 4 is 23.2 Å². The van der Waals surface area contributed by atoms with Crippen molar-refractivity contribution in [3.8, 4) is 11.3 Å². The van der Waals surface area contributed by atoms with E-state index in [4.69, 9.17) is 11.6 Å². The molecule has 0 unspecified atom stereocenters. The highest BCUT2D eigenvalue weighted by molar-refractivity contribution is 6.19. The van der Waals surface area contributed by atoms with Gasteiger partial charge in [0.1, 0.15) is 0 Å². The number of aromatic nitrogens is 2. The van der Waals surface area contributed by atoms with Crippen LogP contribution in [0.1, 0.15) is 6.42 Å². The normalized spacial score (nSPS) is 10.2. The number of alkyl halides is 1. The van der Waals surface area contributed by atoms with Crippen LogP contribution in [0, 0.1) is 0 Å². The third kappa shape index (κ3) is 3.07. The lowest BCUT2D eigenvalue weighted by molar-refractivity contribution is -0.115. The monoisotopic (exact) mass is 249 g/mol. The fourth-order valence-electron chi connectivity index (χ4n) is 1.49. The molecule has 1 aromatic carbocycles. The number of hydrogen-bond donors (Lipinski definition) is 2. The highest BCUT2D eigenvalue weighted by Crippen LogP contribution is 2.20. The highest BCUT2D eigenvalue weighted by Gasteiger charge is 2.03. The molecule has 1 aromatic heterocycles. The van der Waals surface area contributed by atoms with Crippen LogP contribution in [0.3, 0.4) is 0 Å². The molecule has 17 heavy (non-hydrogen) atoms. The number of halogens is 1. The number of benzene rings is 1. The number of carbonyl (C=O) groups excluding carboxylic acids is 1. The Morgan fingerprint density at radius 2 is 2.29 bits per heavy atom. The summed E-state index contributed by atoms with van der Waals surface area (Å²) in [5.41, 5.74) is 2.65. The van der Waals surface area contributed by atoms with Gasteiger partial charge in [-0.3, -0.25) is 9.89 Å². The third-order valence-corrected chi connectivity index (χ3v) is 2.47. The van der Waals surface area contributed by atoms with Gasteiger partial charge >= 0.3 is 0 Å². The van der Waals surface area contributed by atoms with E-state index in [2.05, 4.69) is 15.5 Å². The Morgan fingerprint density at radius 3 is 3.00 bits per heavy atom. The molecule has 0 aliphatic heterocycles. The molecule has 0 atom stereocenters. The number of anilines is 1. The van der Waals surface area contributed by atoms with E-state index in [9.17, 15) is 4.79 Å². The molecule has 5 heteroatoms. The topological polar surface area (TPSA) is 57.8 Å². The minimum atomic E-state index is -0.0817. The summed E-state index contributed by atoms with van der Waals surface area (Å²) in [5, 5.41) is 9.55. The number of hydrogen-bond acceptors (Lipinski definition) is 2. The van der Waals surface area contributed by atoms with Gasteiger partial charge in [-0.05, 0) is 18.2 Å². The van der Waals surface area contributed by atoms with Crippen molar-refractivity contribution in [3.05, 3.63) is 36.5 Å². The van der Waals surface area contributed by atoms with E-state index in [0.717, 1.165) is 16.9 Å². The first-order valence-corrected chi connectivity index (χ1v) is 5.78. The predicted molar refractivity (Wildman–Crippen MR) is 68.0 cm³/mol. The lowest BCUT2D eigenvalue weighted by atomic mass is 10.1. The molecule has 1 amide bonds. The first kappa shape index (κ1) is 11.7. The summed E-state index contributed by atoms with van der Waals surface area (Å²) < 4.78 is 0. The van der Waals surface area contributed by atoms with Crippen LogP contribution in [-0.4, -0.2) is 22.0 Å². The molecule has 0 radical (unpaired) electrons. The summed E-state index contributed by atoms with van der Waals surface area (Å²) in [5.74, 6) is 0.244. The molecule has 0 bridgehead atoms. The van der Waals surface area contributed by atoms with Gasteiger partial charge in [-0.1, -0.05) is 12.1 Å². The molecule has 2 N–H and O–H groups in total. The van der Waals surface area contributed by atoms with Crippen LogP contribution < -0.4 is 5.32 Å². The van der Waals surface area contributed by atoms with Crippen molar-refractivity contribution in [1.82, 2.24) is 10.2 Å². The zero-order valence-electron chi connectivity index (χ0n) is 9.11. The van der Waals surface area contributed by atoms with E-state index >= 15 is 0 Å². The Bertz CT molecular complexity index is 496. The number of nitrogens with zero attached hydrogens (tertiary/aromatic N) is 1. The van der Waals surface area contributed by atoms with Crippen molar-refractivity contribution in [2.24, 2.45) is 0 Å². The maximum Gasteiger partial charge on any atom is 0.225 e. The van der Waals surface area contributed by atoms with Crippen LogP contribution in [0.5, 0.6) is 0 Å². The summed E-state index contributed by atoms with van der Waals surface area (Å²) in [6.07, 6.45) is 2.00. The summed E-state index contributed by atoms with van der Waals surface area (Å²) in [7, 11) is 0. The van der Waals surface area contributed by atoms with Gasteiger partial charge in [0, 0.05) is 29.7 Å². The summed E-state index contributed by atoms with van der Waals surface area (Å²) in [6, 6.07) is 9.43. The number of nitrogens with one attached hydrogen (secondary N) is 2.